The molecule has 3 N–H and O–H groups in total. The van der Waals surface area contributed by atoms with Gasteiger partial charge >= 0.3 is 5.97 Å². The lowest BCUT2D eigenvalue weighted by atomic mass is 9.44. The van der Waals surface area contributed by atoms with Gasteiger partial charge in [0.1, 0.15) is 0 Å². The Hall–Kier alpha value is -1.39. The molecule has 0 radical (unpaired) electrons. The van der Waals surface area contributed by atoms with E-state index in [2.05, 4.69) is 53.7 Å². The van der Waals surface area contributed by atoms with E-state index in [-0.39, 0.29) is 33.9 Å². The monoisotopic (exact) mass is 470 g/mol. The van der Waals surface area contributed by atoms with Crippen LogP contribution in [-0.2, 0) is 4.79 Å². The number of hydrogen-bond donors (Lipinski definition) is 3. The van der Waals surface area contributed by atoms with Crippen molar-refractivity contribution in [3.05, 3.63) is 34.9 Å². The highest BCUT2D eigenvalue weighted by Gasteiger charge is 2.66. The topological polar surface area (TPSA) is 77.8 Å². The number of carboxylic acid groups (broad SMARTS) is 1. The minimum Gasteiger partial charge on any atom is -0.478 e. The second-order valence-corrected chi connectivity index (χ2v) is 13.2. The first kappa shape index (κ1) is 25.7. The lowest BCUT2D eigenvalue weighted by Gasteiger charge is -2.61. The second kappa shape index (κ2) is 8.34. The average molecular weight is 471 g/mol. The van der Waals surface area contributed by atoms with E-state index in [1.165, 1.54) is 11.1 Å². The van der Waals surface area contributed by atoms with Crippen molar-refractivity contribution in [2.75, 3.05) is 0 Å². The molecule has 0 saturated heterocycles. The molecule has 4 aliphatic rings. The van der Waals surface area contributed by atoms with Gasteiger partial charge in [-0.1, -0.05) is 59.8 Å². The first-order valence-electron chi connectivity index (χ1n) is 13.4. The Balaban J connectivity index is 1.66. The highest BCUT2D eigenvalue weighted by atomic mass is 16.4. The summed E-state index contributed by atoms with van der Waals surface area (Å²) in [6.07, 6.45) is 12.4. The third kappa shape index (κ3) is 3.42. The molecule has 4 heteroatoms. The van der Waals surface area contributed by atoms with Crippen LogP contribution in [0.1, 0.15) is 93.4 Å². The van der Waals surface area contributed by atoms with E-state index in [0.29, 0.717) is 23.3 Å². The maximum absolute atomic E-state index is 11.6. The highest BCUT2D eigenvalue weighted by Crippen LogP contribution is 2.71. The van der Waals surface area contributed by atoms with Gasteiger partial charge in [0.25, 0.3) is 0 Å². The molecule has 34 heavy (non-hydrogen) atoms. The SMILES string of the molecule is C/C(=C\CC[C@@H](C)[C@H]1C[C@H](O)[C@@]2(C)C3=CC[C@H]4C(C)(C)[C@H](O)CC[C@]4(C)C3=CC[C@]12C)C(=O)O. The minimum atomic E-state index is -0.845. The molecule has 0 aliphatic heterocycles. The standard InChI is InChI=1S/C30H46O4/c1-18(9-8-10-19(2)26(33)34)22-17-25(32)30(7)21-11-12-23-27(3,4)24(31)14-15-28(23,5)20(21)13-16-29(22,30)6/h10-11,13,18,22-25,31-32H,8-9,12,14-17H2,1-7H3,(H,33,34)/b19-10+/t18-,22-,23+,24-,25+,28-,29-,30-/m1/s1. The summed E-state index contributed by atoms with van der Waals surface area (Å²) in [4.78, 5) is 11.1. The van der Waals surface area contributed by atoms with Crippen LogP contribution in [0.3, 0.4) is 0 Å². The lowest BCUT2D eigenvalue weighted by Crippen LogP contribution is -2.55. The fourth-order valence-electron chi connectivity index (χ4n) is 8.79. The van der Waals surface area contributed by atoms with E-state index < -0.39 is 5.97 Å². The molecule has 0 aromatic carbocycles. The van der Waals surface area contributed by atoms with Gasteiger partial charge in [0.05, 0.1) is 12.2 Å². The van der Waals surface area contributed by atoms with Gasteiger partial charge in [-0.05, 0) is 97.0 Å². The molecule has 0 unspecified atom stereocenters. The Morgan fingerprint density at radius 2 is 1.79 bits per heavy atom. The number of fused-ring (bicyclic) bond motifs is 5. The molecule has 0 spiro atoms. The number of carbonyl (C=O) groups is 1. The van der Waals surface area contributed by atoms with Gasteiger partial charge in [-0.25, -0.2) is 4.79 Å². The molecule has 4 aliphatic carbocycles. The van der Waals surface area contributed by atoms with Crippen molar-refractivity contribution in [3.63, 3.8) is 0 Å². The van der Waals surface area contributed by atoms with Crippen molar-refractivity contribution in [2.24, 2.45) is 39.4 Å². The average Bonchev–Trinajstić information content (AvgIpc) is 2.98. The highest BCUT2D eigenvalue weighted by molar-refractivity contribution is 5.85. The van der Waals surface area contributed by atoms with Gasteiger partial charge in [-0.2, -0.15) is 0 Å². The zero-order valence-electron chi connectivity index (χ0n) is 22.3. The van der Waals surface area contributed by atoms with E-state index in [4.69, 9.17) is 5.11 Å². The normalized spacial score (nSPS) is 44.3. The van der Waals surface area contributed by atoms with Gasteiger partial charge < -0.3 is 15.3 Å². The van der Waals surface area contributed by atoms with Gasteiger partial charge in [-0.15, -0.1) is 0 Å². The van der Waals surface area contributed by atoms with Gasteiger partial charge in [0.15, 0.2) is 0 Å². The zero-order valence-corrected chi connectivity index (χ0v) is 22.3. The first-order valence-corrected chi connectivity index (χ1v) is 13.4. The number of rotatable bonds is 5. The van der Waals surface area contributed by atoms with Crippen molar-refractivity contribution in [2.45, 2.75) is 106 Å². The van der Waals surface area contributed by atoms with Crippen molar-refractivity contribution >= 4 is 5.97 Å². The van der Waals surface area contributed by atoms with Crippen LogP contribution >= 0.6 is 0 Å². The van der Waals surface area contributed by atoms with Gasteiger partial charge in [0.2, 0.25) is 0 Å². The van der Waals surface area contributed by atoms with Gasteiger partial charge in [0, 0.05) is 11.0 Å². The maximum atomic E-state index is 11.6. The predicted molar refractivity (Wildman–Crippen MR) is 136 cm³/mol. The summed E-state index contributed by atoms with van der Waals surface area (Å²) in [7, 11) is 0. The molecule has 0 heterocycles. The summed E-state index contributed by atoms with van der Waals surface area (Å²) in [6.45, 7) is 15.5. The fourth-order valence-corrected chi connectivity index (χ4v) is 8.79. The van der Waals surface area contributed by atoms with Crippen LogP contribution < -0.4 is 0 Å². The van der Waals surface area contributed by atoms with E-state index in [1.807, 2.05) is 6.08 Å². The molecule has 0 amide bonds. The predicted octanol–water partition coefficient (Wildman–Crippen LogP) is 6.29. The fraction of sp³-hybridized carbons (Fsp3) is 0.767. The Morgan fingerprint density at radius 3 is 2.44 bits per heavy atom. The third-order valence-electron chi connectivity index (χ3n) is 11.5. The summed E-state index contributed by atoms with van der Waals surface area (Å²) in [5.74, 6) is 0.359. The summed E-state index contributed by atoms with van der Waals surface area (Å²) in [5.41, 5.74) is 2.84. The van der Waals surface area contributed by atoms with Crippen molar-refractivity contribution in [1.82, 2.24) is 0 Å². The Bertz CT molecular complexity index is 941. The maximum Gasteiger partial charge on any atom is 0.330 e. The van der Waals surface area contributed by atoms with Crippen molar-refractivity contribution in [3.8, 4) is 0 Å². The number of hydrogen-bond acceptors (Lipinski definition) is 3. The number of aliphatic carboxylic acids is 1. The van der Waals surface area contributed by atoms with E-state index >= 15 is 0 Å². The molecule has 0 bridgehead atoms. The smallest absolute Gasteiger partial charge is 0.330 e. The van der Waals surface area contributed by atoms with Crippen molar-refractivity contribution < 1.29 is 20.1 Å². The number of allylic oxidation sites excluding steroid dienone is 4. The molecule has 8 atom stereocenters. The lowest BCUT2D eigenvalue weighted by molar-refractivity contribution is -0.132. The summed E-state index contributed by atoms with van der Waals surface area (Å²) < 4.78 is 0. The van der Waals surface area contributed by atoms with Crippen molar-refractivity contribution in [1.29, 1.82) is 0 Å². The minimum absolute atomic E-state index is 0.0282. The third-order valence-corrected chi connectivity index (χ3v) is 11.5. The van der Waals surface area contributed by atoms with E-state index in [1.54, 1.807) is 6.92 Å². The Kier molecular flexibility index (Phi) is 6.30. The van der Waals surface area contributed by atoms with Crippen LogP contribution in [-0.4, -0.2) is 33.5 Å². The molecule has 2 fully saturated rings. The summed E-state index contributed by atoms with van der Waals surface area (Å²) in [5, 5.41) is 31.6. The molecule has 190 valence electrons. The number of carboxylic acids is 1. The molecule has 0 aromatic rings. The second-order valence-electron chi connectivity index (χ2n) is 13.2. The molecule has 4 rings (SSSR count). The molecule has 0 aromatic heterocycles. The Morgan fingerprint density at radius 1 is 1.12 bits per heavy atom. The van der Waals surface area contributed by atoms with Crippen LogP contribution in [0.2, 0.25) is 0 Å². The largest absolute Gasteiger partial charge is 0.478 e. The summed E-state index contributed by atoms with van der Waals surface area (Å²) >= 11 is 0. The van der Waals surface area contributed by atoms with Crippen LogP contribution in [0, 0.1) is 39.4 Å². The van der Waals surface area contributed by atoms with Gasteiger partial charge in [-0.3, -0.25) is 0 Å². The summed E-state index contributed by atoms with van der Waals surface area (Å²) in [6, 6.07) is 0. The first-order chi connectivity index (χ1) is 15.7. The Labute approximate surface area is 206 Å². The van der Waals surface area contributed by atoms with E-state index in [0.717, 1.165) is 44.9 Å². The quantitative estimate of drug-likeness (QED) is 0.413. The van der Waals surface area contributed by atoms with Crippen LogP contribution in [0.15, 0.2) is 34.9 Å². The van der Waals surface area contributed by atoms with E-state index in [9.17, 15) is 15.0 Å². The zero-order chi connectivity index (χ0) is 25.3. The van der Waals surface area contributed by atoms with Crippen LogP contribution in [0.5, 0.6) is 0 Å². The number of aliphatic hydroxyl groups is 2. The van der Waals surface area contributed by atoms with Crippen LogP contribution in [0.25, 0.3) is 0 Å². The molecule has 4 nitrogen and oxygen atoms in total. The molecule has 2 saturated carbocycles. The van der Waals surface area contributed by atoms with Crippen LogP contribution in [0.4, 0.5) is 0 Å². The molecular formula is C30H46O4. The molecular weight excluding hydrogens is 424 g/mol. The number of aliphatic hydroxyl groups excluding tert-OH is 2.